The van der Waals surface area contributed by atoms with Crippen molar-refractivity contribution in [1.29, 1.82) is 0 Å². The van der Waals surface area contributed by atoms with Crippen molar-refractivity contribution >= 4 is 0 Å². The molecule has 2 fully saturated rings. The first-order valence-corrected chi connectivity index (χ1v) is 6.12. The Labute approximate surface area is 91.5 Å². The lowest BCUT2D eigenvalue weighted by Crippen LogP contribution is -2.25. The van der Waals surface area contributed by atoms with Crippen molar-refractivity contribution < 1.29 is 4.74 Å². The standard InChI is InChI=1S/C14H18O/c1-2-4-13(5-3-1)15-14-9-11-6-7-12(8-11)10-14/h1-5,11-12,14H,6-10H2/t11-,12+,14-. The molecule has 2 saturated carbocycles. The van der Waals surface area contributed by atoms with E-state index in [4.69, 9.17) is 4.74 Å². The summed E-state index contributed by atoms with van der Waals surface area (Å²) in [6, 6.07) is 10.3. The topological polar surface area (TPSA) is 9.23 Å². The van der Waals surface area contributed by atoms with Gasteiger partial charge in [-0.2, -0.15) is 0 Å². The number of fused-ring (bicyclic) bond motifs is 2. The lowest BCUT2D eigenvalue weighted by Gasteiger charge is -2.28. The Hall–Kier alpha value is -0.980. The summed E-state index contributed by atoms with van der Waals surface area (Å²) in [7, 11) is 0. The largest absolute Gasteiger partial charge is 0.490 e. The number of hydrogen-bond donors (Lipinski definition) is 0. The number of rotatable bonds is 2. The Balaban J connectivity index is 1.65. The molecule has 2 aliphatic carbocycles. The average molecular weight is 202 g/mol. The minimum absolute atomic E-state index is 0.485. The van der Waals surface area contributed by atoms with Crippen molar-refractivity contribution in [2.24, 2.45) is 11.8 Å². The van der Waals surface area contributed by atoms with Crippen LogP contribution in [0.4, 0.5) is 0 Å². The second-order valence-corrected chi connectivity index (χ2v) is 5.07. The fourth-order valence-corrected chi connectivity index (χ4v) is 3.23. The van der Waals surface area contributed by atoms with Gasteiger partial charge in [0.1, 0.15) is 5.75 Å². The maximum atomic E-state index is 6.04. The third-order valence-corrected chi connectivity index (χ3v) is 3.89. The van der Waals surface area contributed by atoms with Crippen LogP contribution in [0.15, 0.2) is 30.3 Å². The van der Waals surface area contributed by atoms with Gasteiger partial charge in [-0.1, -0.05) is 31.0 Å². The van der Waals surface area contributed by atoms with Crippen LogP contribution in [-0.4, -0.2) is 6.10 Å². The fraction of sp³-hybridized carbons (Fsp3) is 0.571. The number of ether oxygens (including phenoxy) is 1. The Morgan fingerprint density at radius 2 is 1.53 bits per heavy atom. The maximum absolute atomic E-state index is 6.04. The molecule has 0 amide bonds. The average Bonchev–Trinajstić information content (AvgIpc) is 2.60. The summed E-state index contributed by atoms with van der Waals surface area (Å²) in [5.74, 6) is 2.96. The summed E-state index contributed by atoms with van der Waals surface area (Å²) in [6.07, 6.45) is 7.41. The van der Waals surface area contributed by atoms with Gasteiger partial charge in [-0.15, -0.1) is 0 Å². The van der Waals surface area contributed by atoms with Crippen molar-refractivity contribution in [3.63, 3.8) is 0 Å². The Bertz CT molecular complexity index is 307. The third-order valence-electron chi connectivity index (χ3n) is 3.89. The first-order valence-electron chi connectivity index (χ1n) is 6.12. The van der Waals surface area contributed by atoms with Gasteiger partial charge in [0.2, 0.25) is 0 Å². The number of benzene rings is 1. The van der Waals surface area contributed by atoms with E-state index in [1.54, 1.807) is 0 Å². The van der Waals surface area contributed by atoms with Crippen LogP contribution in [-0.2, 0) is 0 Å². The molecule has 15 heavy (non-hydrogen) atoms. The molecule has 0 radical (unpaired) electrons. The van der Waals surface area contributed by atoms with Gasteiger partial charge < -0.3 is 4.74 Å². The lowest BCUT2D eigenvalue weighted by molar-refractivity contribution is 0.119. The molecule has 1 nitrogen and oxygen atoms in total. The van der Waals surface area contributed by atoms with Gasteiger partial charge in [-0.3, -0.25) is 0 Å². The van der Waals surface area contributed by atoms with Crippen LogP contribution in [0.25, 0.3) is 0 Å². The molecule has 0 aliphatic heterocycles. The van der Waals surface area contributed by atoms with Gasteiger partial charge in [0.15, 0.2) is 0 Å². The van der Waals surface area contributed by atoms with E-state index in [9.17, 15) is 0 Å². The molecule has 1 aromatic carbocycles. The van der Waals surface area contributed by atoms with Crippen molar-refractivity contribution in [1.82, 2.24) is 0 Å². The summed E-state index contributed by atoms with van der Waals surface area (Å²) in [6.45, 7) is 0. The van der Waals surface area contributed by atoms with Gasteiger partial charge in [0, 0.05) is 0 Å². The normalized spacial score (nSPS) is 34.0. The molecule has 0 N–H and O–H groups in total. The summed E-state index contributed by atoms with van der Waals surface area (Å²) >= 11 is 0. The van der Waals surface area contributed by atoms with Crippen LogP contribution in [0.2, 0.25) is 0 Å². The molecule has 0 saturated heterocycles. The first-order chi connectivity index (χ1) is 7.40. The zero-order chi connectivity index (χ0) is 10.1. The lowest BCUT2D eigenvalue weighted by atomic mass is 9.87. The highest BCUT2D eigenvalue weighted by atomic mass is 16.5. The summed E-state index contributed by atoms with van der Waals surface area (Å²) in [5, 5.41) is 0. The molecule has 80 valence electrons. The minimum Gasteiger partial charge on any atom is -0.490 e. The second-order valence-electron chi connectivity index (χ2n) is 5.07. The van der Waals surface area contributed by atoms with E-state index >= 15 is 0 Å². The Morgan fingerprint density at radius 3 is 2.20 bits per heavy atom. The van der Waals surface area contributed by atoms with Gasteiger partial charge in [0.05, 0.1) is 6.10 Å². The smallest absolute Gasteiger partial charge is 0.119 e. The van der Waals surface area contributed by atoms with Gasteiger partial charge >= 0.3 is 0 Å². The molecule has 0 heterocycles. The highest BCUT2D eigenvalue weighted by Gasteiger charge is 2.34. The van der Waals surface area contributed by atoms with Gasteiger partial charge in [0.25, 0.3) is 0 Å². The van der Waals surface area contributed by atoms with Crippen LogP contribution in [0.1, 0.15) is 32.1 Å². The summed E-state index contributed by atoms with van der Waals surface area (Å²) in [5.41, 5.74) is 0. The molecular weight excluding hydrogens is 184 g/mol. The third kappa shape index (κ3) is 2.01. The quantitative estimate of drug-likeness (QED) is 0.711. The number of hydrogen-bond acceptors (Lipinski definition) is 1. The first kappa shape index (κ1) is 9.26. The predicted molar refractivity (Wildman–Crippen MR) is 60.9 cm³/mol. The van der Waals surface area contributed by atoms with E-state index in [1.807, 2.05) is 18.2 Å². The maximum Gasteiger partial charge on any atom is 0.119 e. The molecule has 3 rings (SSSR count). The predicted octanol–water partition coefficient (Wildman–Crippen LogP) is 3.64. The minimum atomic E-state index is 0.485. The van der Waals surface area contributed by atoms with E-state index in [2.05, 4.69) is 12.1 Å². The van der Waals surface area contributed by atoms with E-state index in [1.165, 1.54) is 32.1 Å². The summed E-state index contributed by atoms with van der Waals surface area (Å²) < 4.78 is 6.04. The molecule has 1 aromatic rings. The van der Waals surface area contributed by atoms with E-state index in [-0.39, 0.29) is 0 Å². The van der Waals surface area contributed by atoms with Crippen molar-refractivity contribution in [2.45, 2.75) is 38.2 Å². The molecule has 0 unspecified atom stereocenters. The van der Waals surface area contributed by atoms with Crippen molar-refractivity contribution in [2.75, 3.05) is 0 Å². The molecule has 2 aliphatic rings. The molecule has 0 aromatic heterocycles. The Kier molecular flexibility index (Phi) is 2.40. The fourth-order valence-electron chi connectivity index (χ4n) is 3.23. The van der Waals surface area contributed by atoms with E-state index in [0.717, 1.165) is 17.6 Å². The SMILES string of the molecule is c1ccc(O[C@@H]2C[C@@H]3CC[C@@H](C3)C2)cc1. The zero-order valence-electron chi connectivity index (χ0n) is 9.06. The molecular formula is C14H18O. The van der Waals surface area contributed by atoms with E-state index in [0.29, 0.717) is 6.10 Å². The Morgan fingerprint density at radius 1 is 0.867 bits per heavy atom. The van der Waals surface area contributed by atoms with Crippen LogP contribution in [0.3, 0.4) is 0 Å². The summed E-state index contributed by atoms with van der Waals surface area (Å²) in [4.78, 5) is 0. The highest BCUT2D eigenvalue weighted by Crippen LogP contribution is 2.42. The molecule has 3 atom stereocenters. The van der Waals surface area contributed by atoms with Crippen molar-refractivity contribution in [3.05, 3.63) is 30.3 Å². The number of para-hydroxylation sites is 1. The monoisotopic (exact) mass is 202 g/mol. The van der Waals surface area contributed by atoms with Gasteiger partial charge in [-0.25, -0.2) is 0 Å². The van der Waals surface area contributed by atoms with Gasteiger partial charge in [-0.05, 0) is 43.2 Å². The van der Waals surface area contributed by atoms with E-state index < -0.39 is 0 Å². The van der Waals surface area contributed by atoms with Crippen LogP contribution in [0.5, 0.6) is 5.75 Å². The van der Waals surface area contributed by atoms with Crippen molar-refractivity contribution in [3.8, 4) is 5.75 Å². The van der Waals surface area contributed by atoms with Crippen LogP contribution < -0.4 is 4.74 Å². The highest BCUT2D eigenvalue weighted by molar-refractivity contribution is 5.21. The second kappa shape index (κ2) is 3.88. The van der Waals surface area contributed by atoms with Crippen LogP contribution >= 0.6 is 0 Å². The van der Waals surface area contributed by atoms with Crippen LogP contribution in [0, 0.1) is 11.8 Å². The molecule has 1 heteroatoms. The zero-order valence-corrected chi connectivity index (χ0v) is 9.06. The molecule has 2 bridgehead atoms. The molecule has 0 spiro atoms.